The maximum absolute atomic E-state index is 13.0. The van der Waals surface area contributed by atoms with E-state index in [9.17, 15) is 14.4 Å². The Kier molecular flexibility index (Phi) is 5.89. The number of fused-ring (bicyclic) bond motifs is 1. The number of anilines is 1. The Morgan fingerprint density at radius 3 is 2.45 bits per heavy atom. The number of amides is 2. The van der Waals surface area contributed by atoms with Gasteiger partial charge in [-0.1, -0.05) is 35.9 Å². The minimum Gasteiger partial charge on any atom is -0.337 e. The molecule has 2 heterocycles. The molecule has 6 heteroatoms. The molecule has 1 saturated heterocycles. The number of likely N-dealkylation sites (tertiary alicyclic amines) is 1. The van der Waals surface area contributed by atoms with Crippen LogP contribution in [-0.4, -0.2) is 40.2 Å². The third kappa shape index (κ3) is 4.38. The Morgan fingerprint density at radius 1 is 0.968 bits per heavy atom. The number of Topliss-reactive ketones (excluding diaryl/α,β-unsaturated/α-hetero) is 1. The first kappa shape index (κ1) is 20.8. The first-order chi connectivity index (χ1) is 14.9. The van der Waals surface area contributed by atoms with Crippen molar-refractivity contribution in [2.45, 2.75) is 39.7 Å². The van der Waals surface area contributed by atoms with Crippen LogP contribution >= 0.6 is 0 Å². The number of piperidine rings is 1. The minimum atomic E-state index is -0.508. The fraction of sp³-hybridized carbons (Fsp3) is 0.320. The van der Waals surface area contributed by atoms with Crippen LogP contribution in [0.25, 0.3) is 10.9 Å². The molecule has 160 valence electrons. The number of nitrogens with one attached hydrogen (secondary N) is 1. The van der Waals surface area contributed by atoms with Crippen LogP contribution in [0.15, 0.2) is 48.7 Å². The molecule has 0 spiro atoms. The molecule has 2 aromatic carbocycles. The lowest BCUT2D eigenvalue weighted by Gasteiger charge is -2.25. The molecular formula is C25H27N3O3. The lowest BCUT2D eigenvalue weighted by atomic mass is 10.1. The van der Waals surface area contributed by atoms with Gasteiger partial charge in [0.2, 0.25) is 5.91 Å². The van der Waals surface area contributed by atoms with Crippen LogP contribution in [0.4, 0.5) is 5.69 Å². The van der Waals surface area contributed by atoms with Gasteiger partial charge in [-0.15, -0.1) is 0 Å². The predicted molar refractivity (Wildman–Crippen MR) is 121 cm³/mol. The number of para-hydroxylation sites is 1. The number of hydrogen-bond acceptors (Lipinski definition) is 3. The number of aromatic nitrogens is 1. The highest BCUT2D eigenvalue weighted by Crippen LogP contribution is 2.24. The van der Waals surface area contributed by atoms with Gasteiger partial charge in [0, 0.05) is 35.9 Å². The number of nitrogens with zero attached hydrogens (tertiary/aromatic N) is 2. The summed E-state index contributed by atoms with van der Waals surface area (Å²) in [6.07, 6.45) is 4.59. The van der Waals surface area contributed by atoms with Gasteiger partial charge in [-0.05, 0) is 50.8 Å². The maximum Gasteiger partial charge on any atom is 0.295 e. The highest BCUT2D eigenvalue weighted by atomic mass is 16.2. The topological polar surface area (TPSA) is 71.4 Å². The van der Waals surface area contributed by atoms with Crippen molar-refractivity contribution in [3.63, 3.8) is 0 Å². The molecule has 1 aliphatic heterocycles. The first-order valence-electron chi connectivity index (χ1n) is 10.7. The fourth-order valence-corrected chi connectivity index (χ4v) is 4.21. The maximum atomic E-state index is 13.0. The van der Waals surface area contributed by atoms with Gasteiger partial charge in [0.15, 0.2) is 0 Å². The SMILES string of the molecule is Cc1ccc(NC(=O)Cn2cc(C(=O)C(=O)N3CCCCC3)c3ccccc32)c(C)c1. The molecule has 0 saturated carbocycles. The summed E-state index contributed by atoms with van der Waals surface area (Å²) in [7, 11) is 0. The van der Waals surface area contributed by atoms with Gasteiger partial charge in [-0.2, -0.15) is 0 Å². The van der Waals surface area contributed by atoms with Crippen LogP contribution in [0.2, 0.25) is 0 Å². The summed E-state index contributed by atoms with van der Waals surface area (Å²) in [5.41, 5.74) is 4.00. The molecular weight excluding hydrogens is 390 g/mol. The van der Waals surface area contributed by atoms with E-state index in [-0.39, 0.29) is 12.5 Å². The Hall–Kier alpha value is -3.41. The summed E-state index contributed by atoms with van der Waals surface area (Å²) in [5.74, 6) is -1.15. The smallest absolute Gasteiger partial charge is 0.295 e. The van der Waals surface area contributed by atoms with Crippen LogP contribution in [0.1, 0.15) is 40.7 Å². The number of carbonyl (C=O) groups excluding carboxylic acids is 3. The zero-order valence-electron chi connectivity index (χ0n) is 18.0. The van der Waals surface area contributed by atoms with Crippen LogP contribution in [0.3, 0.4) is 0 Å². The van der Waals surface area contributed by atoms with Crippen LogP contribution in [0.5, 0.6) is 0 Å². The van der Waals surface area contributed by atoms with E-state index in [1.807, 2.05) is 56.3 Å². The molecule has 1 fully saturated rings. The summed E-state index contributed by atoms with van der Waals surface area (Å²) in [4.78, 5) is 40.2. The number of hydrogen-bond donors (Lipinski definition) is 1. The average Bonchev–Trinajstić information content (AvgIpc) is 3.13. The third-order valence-corrected chi connectivity index (χ3v) is 5.84. The Balaban J connectivity index is 1.58. The molecule has 3 aromatic rings. The Bertz CT molecular complexity index is 1160. The number of benzene rings is 2. The molecule has 2 amide bonds. The monoisotopic (exact) mass is 417 g/mol. The van der Waals surface area contributed by atoms with Crippen molar-refractivity contribution in [1.29, 1.82) is 0 Å². The van der Waals surface area contributed by atoms with E-state index in [1.165, 1.54) is 0 Å². The molecule has 4 rings (SSSR count). The second kappa shape index (κ2) is 8.76. The van der Waals surface area contributed by atoms with E-state index in [0.717, 1.165) is 41.6 Å². The van der Waals surface area contributed by atoms with Crippen molar-refractivity contribution in [2.24, 2.45) is 0 Å². The highest BCUT2D eigenvalue weighted by Gasteiger charge is 2.27. The summed E-state index contributed by atoms with van der Waals surface area (Å²) < 4.78 is 1.74. The van der Waals surface area contributed by atoms with Gasteiger partial charge >= 0.3 is 0 Å². The van der Waals surface area contributed by atoms with E-state index >= 15 is 0 Å². The molecule has 0 atom stereocenters. The van der Waals surface area contributed by atoms with Crippen molar-refractivity contribution in [2.75, 3.05) is 18.4 Å². The predicted octanol–water partition coefficient (Wildman–Crippen LogP) is 4.09. The van der Waals surface area contributed by atoms with Crippen molar-refractivity contribution in [3.8, 4) is 0 Å². The second-order valence-electron chi connectivity index (χ2n) is 8.24. The van der Waals surface area contributed by atoms with Crippen LogP contribution < -0.4 is 5.32 Å². The molecule has 0 radical (unpaired) electrons. The van der Waals surface area contributed by atoms with Gasteiger partial charge in [0.1, 0.15) is 6.54 Å². The number of rotatable bonds is 5. The molecule has 1 N–H and O–H groups in total. The summed E-state index contributed by atoms with van der Waals surface area (Å²) >= 11 is 0. The summed E-state index contributed by atoms with van der Waals surface area (Å²) in [5, 5.41) is 3.64. The van der Waals surface area contributed by atoms with Crippen LogP contribution in [-0.2, 0) is 16.1 Å². The van der Waals surface area contributed by atoms with E-state index in [0.29, 0.717) is 24.0 Å². The minimum absolute atomic E-state index is 0.0546. The largest absolute Gasteiger partial charge is 0.337 e. The van der Waals surface area contributed by atoms with E-state index in [4.69, 9.17) is 0 Å². The lowest BCUT2D eigenvalue weighted by molar-refractivity contribution is -0.127. The van der Waals surface area contributed by atoms with Gasteiger partial charge in [-0.25, -0.2) is 0 Å². The number of carbonyl (C=O) groups is 3. The molecule has 0 aliphatic carbocycles. The third-order valence-electron chi connectivity index (χ3n) is 5.84. The van der Waals surface area contributed by atoms with Gasteiger partial charge in [0.05, 0.1) is 5.56 Å². The molecule has 6 nitrogen and oxygen atoms in total. The Morgan fingerprint density at radius 2 is 1.71 bits per heavy atom. The molecule has 31 heavy (non-hydrogen) atoms. The lowest BCUT2D eigenvalue weighted by Crippen LogP contribution is -2.40. The highest BCUT2D eigenvalue weighted by molar-refractivity contribution is 6.44. The summed E-state index contributed by atoms with van der Waals surface area (Å²) in [6.45, 7) is 5.27. The van der Waals surface area contributed by atoms with E-state index in [1.54, 1.807) is 15.7 Å². The van der Waals surface area contributed by atoms with Crippen molar-refractivity contribution in [3.05, 3.63) is 65.4 Å². The van der Waals surface area contributed by atoms with Crippen molar-refractivity contribution in [1.82, 2.24) is 9.47 Å². The number of ketones is 1. The number of aryl methyl sites for hydroxylation is 2. The second-order valence-corrected chi connectivity index (χ2v) is 8.24. The van der Waals surface area contributed by atoms with Crippen molar-refractivity contribution >= 4 is 34.2 Å². The normalized spacial score (nSPS) is 13.9. The van der Waals surface area contributed by atoms with Crippen molar-refractivity contribution < 1.29 is 14.4 Å². The molecule has 0 bridgehead atoms. The van der Waals surface area contributed by atoms with Crippen LogP contribution in [0, 0.1) is 13.8 Å². The van der Waals surface area contributed by atoms with E-state index < -0.39 is 11.7 Å². The average molecular weight is 418 g/mol. The van der Waals surface area contributed by atoms with Gasteiger partial charge in [-0.3, -0.25) is 14.4 Å². The molecule has 1 aromatic heterocycles. The van der Waals surface area contributed by atoms with Gasteiger partial charge in [0.25, 0.3) is 11.7 Å². The zero-order chi connectivity index (χ0) is 22.0. The molecule has 1 aliphatic rings. The standard InChI is InChI=1S/C25H27N3O3/c1-17-10-11-21(18(2)14-17)26-23(29)16-28-15-20(19-8-4-5-9-22(19)28)24(30)25(31)27-12-6-3-7-13-27/h4-5,8-11,14-15H,3,6-7,12-13,16H2,1-2H3,(H,26,29). The zero-order valence-corrected chi connectivity index (χ0v) is 18.0. The van der Waals surface area contributed by atoms with Gasteiger partial charge < -0.3 is 14.8 Å². The Labute approximate surface area is 181 Å². The first-order valence-corrected chi connectivity index (χ1v) is 10.7. The van der Waals surface area contributed by atoms with E-state index in [2.05, 4.69) is 5.32 Å². The fourth-order valence-electron chi connectivity index (χ4n) is 4.21. The molecule has 0 unspecified atom stereocenters. The quantitative estimate of drug-likeness (QED) is 0.502. The summed E-state index contributed by atoms with van der Waals surface area (Å²) in [6, 6.07) is 13.3.